The van der Waals surface area contributed by atoms with Crippen LogP contribution in [0.3, 0.4) is 0 Å². The van der Waals surface area contributed by atoms with Crippen molar-refractivity contribution < 1.29 is 8.78 Å². The first-order valence-corrected chi connectivity index (χ1v) is 6.51. The van der Waals surface area contributed by atoms with E-state index in [9.17, 15) is 8.78 Å². The Labute approximate surface area is 117 Å². The number of halogens is 2. The third-order valence-electron chi connectivity index (χ3n) is 3.51. The topological polar surface area (TPSA) is 32.5 Å². The molecule has 1 aromatic carbocycles. The van der Waals surface area contributed by atoms with Crippen molar-refractivity contribution in [1.82, 2.24) is 4.90 Å². The van der Waals surface area contributed by atoms with Gasteiger partial charge in [-0.25, -0.2) is 8.78 Å². The zero-order valence-corrected chi connectivity index (χ0v) is 11.8. The van der Waals surface area contributed by atoms with Crippen LogP contribution in [0, 0.1) is 11.6 Å². The van der Waals surface area contributed by atoms with Crippen LogP contribution in [0.5, 0.6) is 0 Å². The second kappa shape index (κ2) is 5.38. The third-order valence-corrected chi connectivity index (χ3v) is 3.75. The highest BCUT2D eigenvalue weighted by Crippen LogP contribution is 2.29. The molecule has 1 unspecified atom stereocenters. The Morgan fingerprint density at radius 1 is 1.37 bits per heavy atom. The summed E-state index contributed by atoms with van der Waals surface area (Å²) in [4.78, 5) is 3.80. The molecule has 0 amide bonds. The number of benzene rings is 1. The molecule has 1 aromatic rings. The first-order chi connectivity index (χ1) is 8.90. The largest absolute Gasteiger partial charge is 0.389 e. The number of thiocarbonyl (C=S) groups is 1. The Balaban J connectivity index is 2.29. The van der Waals surface area contributed by atoms with Gasteiger partial charge in [0, 0.05) is 24.7 Å². The SMILES string of the molecule is CN(C)C1CCN(c2c(F)cc(C(N)=S)cc2F)C1. The zero-order valence-electron chi connectivity index (χ0n) is 11.0. The number of rotatable bonds is 3. The van der Waals surface area contributed by atoms with Gasteiger partial charge in [-0.1, -0.05) is 12.2 Å². The Bertz CT molecular complexity index is 482. The molecule has 0 spiro atoms. The zero-order chi connectivity index (χ0) is 14.2. The maximum atomic E-state index is 14.0. The highest BCUT2D eigenvalue weighted by atomic mass is 32.1. The van der Waals surface area contributed by atoms with E-state index in [1.807, 2.05) is 14.1 Å². The van der Waals surface area contributed by atoms with Crippen LogP contribution in [-0.4, -0.2) is 43.1 Å². The molecule has 1 atom stereocenters. The predicted molar refractivity (Wildman–Crippen MR) is 76.6 cm³/mol. The molecule has 2 rings (SSSR count). The van der Waals surface area contributed by atoms with Crippen LogP contribution in [0.1, 0.15) is 12.0 Å². The van der Waals surface area contributed by atoms with Gasteiger partial charge in [-0.2, -0.15) is 0 Å². The molecule has 1 heterocycles. The van der Waals surface area contributed by atoms with E-state index in [1.165, 1.54) is 12.1 Å². The Hall–Kier alpha value is -1.27. The summed E-state index contributed by atoms with van der Waals surface area (Å²) in [6.07, 6.45) is 0.892. The molecule has 3 nitrogen and oxygen atoms in total. The lowest BCUT2D eigenvalue weighted by molar-refractivity contribution is 0.315. The van der Waals surface area contributed by atoms with E-state index in [2.05, 4.69) is 4.90 Å². The Morgan fingerprint density at radius 2 is 1.95 bits per heavy atom. The van der Waals surface area contributed by atoms with Gasteiger partial charge < -0.3 is 15.5 Å². The minimum Gasteiger partial charge on any atom is -0.389 e. The highest BCUT2D eigenvalue weighted by molar-refractivity contribution is 7.80. The second-order valence-electron chi connectivity index (χ2n) is 5.00. The van der Waals surface area contributed by atoms with E-state index in [0.717, 1.165) is 6.42 Å². The molecule has 0 bridgehead atoms. The number of anilines is 1. The lowest BCUT2D eigenvalue weighted by Crippen LogP contribution is -2.32. The van der Waals surface area contributed by atoms with Crippen molar-refractivity contribution in [2.24, 2.45) is 5.73 Å². The van der Waals surface area contributed by atoms with Gasteiger partial charge in [0.25, 0.3) is 0 Å². The average Bonchev–Trinajstić information content (AvgIpc) is 2.77. The molecule has 1 aliphatic heterocycles. The third kappa shape index (κ3) is 2.84. The van der Waals surface area contributed by atoms with E-state index in [4.69, 9.17) is 18.0 Å². The molecular formula is C13H17F2N3S. The monoisotopic (exact) mass is 285 g/mol. The second-order valence-corrected chi connectivity index (χ2v) is 5.44. The number of hydrogen-bond acceptors (Lipinski definition) is 3. The van der Waals surface area contributed by atoms with Crippen LogP contribution in [0.15, 0.2) is 12.1 Å². The fourth-order valence-electron chi connectivity index (χ4n) is 2.38. The number of likely N-dealkylation sites (N-methyl/N-ethyl adjacent to an activating group) is 1. The number of nitrogens with zero attached hydrogens (tertiary/aromatic N) is 2. The molecule has 0 radical (unpaired) electrons. The van der Waals surface area contributed by atoms with Crippen molar-refractivity contribution in [3.63, 3.8) is 0 Å². The molecule has 19 heavy (non-hydrogen) atoms. The summed E-state index contributed by atoms with van der Waals surface area (Å²) in [6.45, 7) is 1.26. The summed E-state index contributed by atoms with van der Waals surface area (Å²) in [6, 6.07) is 2.71. The van der Waals surface area contributed by atoms with E-state index in [0.29, 0.717) is 19.1 Å². The van der Waals surface area contributed by atoms with Crippen LogP contribution >= 0.6 is 12.2 Å². The molecule has 0 saturated carbocycles. The van der Waals surface area contributed by atoms with Crippen LogP contribution in [0.25, 0.3) is 0 Å². The van der Waals surface area contributed by atoms with Gasteiger partial charge in [0.2, 0.25) is 0 Å². The standard InChI is InChI=1S/C13H17F2N3S/c1-17(2)9-3-4-18(7-9)12-10(14)5-8(13(16)19)6-11(12)15/h5-6,9H,3-4,7H2,1-2H3,(H2,16,19). The maximum absolute atomic E-state index is 14.0. The van der Waals surface area contributed by atoms with E-state index in [-0.39, 0.29) is 16.2 Å². The number of nitrogens with two attached hydrogens (primary N) is 1. The van der Waals surface area contributed by atoms with Gasteiger partial charge in [-0.3, -0.25) is 0 Å². The lowest BCUT2D eigenvalue weighted by atomic mass is 10.1. The first kappa shape index (κ1) is 14.1. The summed E-state index contributed by atoms with van der Waals surface area (Å²) < 4.78 is 28.1. The molecule has 0 aromatic heterocycles. The molecule has 1 fully saturated rings. The lowest BCUT2D eigenvalue weighted by Gasteiger charge is -2.23. The van der Waals surface area contributed by atoms with Gasteiger partial charge >= 0.3 is 0 Å². The predicted octanol–water partition coefficient (Wildman–Crippen LogP) is 1.74. The Morgan fingerprint density at radius 3 is 2.37 bits per heavy atom. The van der Waals surface area contributed by atoms with Gasteiger partial charge in [0.05, 0.1) is 0 Å². The highest BCUT2D eigenvalue weighted by Gasteiger charge is 2.28. The average molecular weight is 285 g/mol. The smallest absolute Gasteiger partial charge is 0.150 e. The van der Waals surface area contributed by atoms with Crippen LogP contribution in [-0.2, 0) is 0 Å². The Kier molecular flexibility index (Phi) is 4.01. The minimum atomic E-state index is -0.609. The molecular weight excluding hydrogens is 268 g/mol. The van der Waals surface area contributed by atoms with Crippen LogP contribution in [0.2, 0.25) is 0 Å². The normalized spacial score (nSPS) is 19.2. The van der Waals surface area contributed by atoms with Crippen molar-refractivity contribution in [2.75, 3.05) is 32.1 Å². The molecule has 6 heteroatoms. The summed E-state index contributed by atoms with van der Waals surface area (Å²) in [5.41, 5.74) is 5.63. The minimum absolute atomic E-state index is 0.00283. The maximum Gasteiger partial charge on any atom is 0.150 e. The van der Waals surface area contributed by atoms with E-state index in [1.54, 1.807) is 4.90 Å². The van der Waals surface area contributed by atoms with Crippen molar-refractivity contribution in [2.45, 2.75) is 12.5 Å². The molecule has 1 aliphatic rings. The van der Waals surface area contributed by atoms with E-state index < -0.39 is 11.6 Å². The molecule has 2 N–H and O–H groups in total. The number of hydrogen-bond donors (Lipinski definition) is 1. The van der Waals surface area contributed by atoms with Gasteiger partial charge in [-0.15, -0.1) is 0 Å². The van der Waals surface area contributed by atoms with Crippen molar-refractivity contribution in [1.29, 1.82) is 0 Å². The van der Waals surface area contributed by atoms with Crippen molar-refractivity contribution in [3.8, 4) is 0 Å². The summed E-state index contributed by atoms with van der Waals surface area (Å²) >= 11 is 4.74. The van der Waals surface area contributed by atoms with E-state index >= 15 is 0 Å². The fourth-order valence-corrected chi connectivity index (χ4v) is 2.49. The van der Waals surface area contributed by atoms with Gasteiger partial charge in [-0.05, 0) is 32.6 Å². The van der Waals surface area contributed by atoms with Crippen molar-refractivity contribution >= 4 is 22.9 Å². The van der Waals surface area contributed by atoms with Crippen molar-refractivity contribution in [3.05, 3.63) is 29.3 Å². The van der Waals surface area contributed by atoms with Crippen LogP contribution in [0.4, 0.5) is 14.5 Å². The molecule has 0 aliphatic carbocycles. The summed E-state index contributed by atoms with van der Waals surface area (Å²) in [5.74, 6) is -1.22. The fraction of sp³-hybridized carbons (Fsp3) is 0.462. The van der Waals surface area contributed by atoms with Gasteiger partial charge in [0.1, 0.15) is 22.3 Å². The quantitative estimate of drug-likeness (QED) is 0.858. The summed E-state index contributed by atoms with van der Waals surface area (Å²) in [5, 5.41) is 0. The molecule has 104 valence electrons. The summed E-state index contributed by atoms with van der Waals surface area (Å²) in [7, 11) is 3.94. The van der Waals surface area contributed by atoms with Crippen LogP contribution < -0.4 is 10.6 Å². The first-order valence-electron chi connectivity index (χ1n) is 6.10. The molecule has 1 saturated heterocycles. The van der Waals surface area contributed by atoms with Gasteiger partial charge in [0.15, 0.2) is 0 Å².